The average molecular weight is 372 g/mol. The van der Waals surface area contributed by atoms with Gasteiger partial charge in [0.05, 0.1) is 16.8 Å². The Morgan fingerprint density at radius 1 is 1.00 bits per heavy atom. The number of fused-ring (bicyclic) bond motifs is 2. The number of aromatic amines is 1. The van der Waals surface area contributed by atoms with Gasteiger partial charge in [0.2, 0.25) is 0 Å². The Labute approximate surface area is 164 Å². The summed E-state index contributed by atoms with van der Waals surface area (Å²) in [6.45, 7) is 5.48. The number of aromatic hydroxyl groups is 1. The summed E-state index contributed by atoms with van der Waals surface area (Å²) in [6, 6.07) is 18.5. The van der Waals surface area contributed by atoms with Crippen molar-refractivity contribution in [3.8, 4) is 17.1 Å². The number of likely N-dealkylation sites (N-methyl/N-ethyl adjacent to an activating group) is 1. The van der Waals surface area contributed by atoms with Gasteiger partial charge in [-0.25, -0.2) is 4.98 Å². The van der Waals surface area contributed by atoms with Crippen LogP contribution >= 0.6 is 0 Å². The van der Waals surface area contributed by atoms with Crippen LogP contribution in [0.15, 0.2) is 54.6 Å². The highest BCUT2D eigenvalue weighted by molar-refractivity contribution is 5.99. The second kappa shape index (κ2) is 6.93. The maximum atomic E-state index is 10.4. The number of nitrogens with zero attached hydrogens (tertiary/aromatic N) is 3. The van der Waals surface area contributed by atoms with Crippen LogP contribution in [0.2, 0.25) is 0 Å². The molecule has 5 nitrogen and oxygen atoms in total. The molecule has 0 spiro atoms. The fourth-order valence-electron chi connectivity index (χ4n) is 4.06. The van der Waals surface area contributed by atoms with Crippen molar-refractivity contribution in [2.24, 2.45) is 0 Å². The van der Waals surface area contributed by atoms with E-state index in [4.69, 9.17) is 4.98 Å². The number of hydrogen-bond donors (Lipinski definition) is 2. The summed E-state index contributed by atoms with van der Waals surface area (Å²) in [7, 11) is 2.18. The van der Waals surface area contributed by atoms with Crippen molar-refractivity contribution in [2.75, 3.05) is 33.2 Å². The molecule has 0 atom stereocenters. The van der Waals surface area contributed by atoms with E-state index < -0.39 is 0 Å². The molecule has 28 heavy (non-hydrogen) atoms. The molecule has 5 heteroatoms. The zero-order valence-corrected chi connectivity index (χ0v) is 16.0. The van der Waals surface area contributed by atoms with Crippen LogP contribution in [0.5, 0.6) is 5.88 Å². The SMILES string of the molecule is CN1CCN(Cc2ccc3nc(-c4c(O)[nH]c5ccccc45)ccc3c2)CC1. The molecule has 0 radical (unpaired) electrons. The Balaban J connectivity index is 1.46. The Hall–Kier alpha value is -2.89. The first-order chi connectivity index (χ1) is 13.7. The minimum atomic E-state index is 0.166. The summed E-state index contributed by atoms with van der Waals surface area (Å²) in [4.78, 5) is 12.7. The van der Waals surface area contributed by atoms with E-state index in [1.54, 1.807) is 0 Å². The first-order valence-electron chi connectivity index (χ1n) is 9.78. The van der Waals surface area contributed by atoms with Gasteiger partial charge in [-0.3, -0.25) is 4.90 Å². The van der Waals surface area contributed by atoms with Crippen LogP contribution in [0.1, 0.15) is 5.56 Å². The summed E-state index contributed by atoms with van der Waals surface area (Å²) in [6.07, 6.45) is 0. The zero-order valence-electron chi connectivity index (χ0n) is 16.0. The third-order valence-electron chi connectivity index (χ3n) is 5.70. The third-order valence-corrected chi connectivity index (χ3v) is 5.70. The van der Waals surface area contributed by atoms with Gasteiger partial charge in [0.25, 0.3) is 0 Å². The van der Waals surface area contributed by atoms with Crippen LogP contribution in [-0.4, -0.2) is 58.1 Å². The Morgan fingerprint density at radius 2 is 1.82 bits per heavy atom. The summed E-state index contributed by atoms with van der Waals surface area (Å²) in [5.41, 5.74) is 4.73. The lowest BCUT2D eigenvalue weighted by molar-refractivity contribution is 0.148. The fourth-order valence-corrected chi connectivity index (χ4v) is 4.06. The number of para-hydroxylation sites is 1. The lowest BCUT2D eigenvalue weighted by Crippen LogP contribution is -2.43. The summed E-state index contributed by atoms with van der Waals surface area (Å²) in [5.74, 6) is 0.166. The molecular formula is C23H24N4O. The predicted octanol–water partition coefficient (Wildman–Crippen LogP) is 3.84. The third kappa shape index (κ3) is 3.13. The van der Waals surface area contributed by atoms with Gasteiger partial charge in [-0.1, -0.05) is 30.3 Å². The number of hydrogen-bond acceptors (Lipinski definition) is 4. The number of rotatable bonds is 3. The van der Waals surface area contributed by atoms with Crippen molar-refractivity contribution in [1.29, 1.82) is 0 Å². The smallest absolute Gasteiger partial charge is 0.199 e. The number of benzene rings is 2. The van der Waals surface area contributed by atoms with E-state index >= 15 is 0 Å². The van der Waals surface area contributed by atoms with Gasteiger partial charge in [0.15, 0.2) is 5.88 Å². The molecule has 1 fully saturated rings. The molecule has 4 aromatic rings. The van der Waals surface area contributed by atoms with Crippen molar-refractivity contribution in [1.82, 2.24) is 19.8 Å². The molecule has 1 aliphatic rings. The standard InChI is InChI=1S/C23H24N4O/c1-26-10-12-27(13-11-26)15-16-6-8-19-17(14-16)7-9-21(24-19)22-18-4-2-3-5-20(18)25-23(22)28/h2-9,14,25,28H,10-13,15H2,1H3. The largest absolute Gasteiger partial charge is 0.494 e. The van der Waals surface area contributed by atoms with E-state index in [0.717, 1.165) is 65.8 Å². The van der Waals surface area contributed by atoms with Gasteiger partial charge >= 0.3 is 0 Å². The number of H-pyrrole nitrogens is 1. The maximum absolute atomic E-state index is 10.4. The van der Waals surface area contributed by atoms with E-state index in [2.05, 4.69) is 46.1 Å². The van der Waals surface area contributed by atoms with Gasteiger partial charge in [0, 0.05) is 49.0 Å². The number of nitrogens with one attached hydrogen (secondary N) is 1. The minimum Gasteiger partial charge on any atom is -0.494 e. The highest BCUT2D eigenvalue weighted by Gasteiger charge is 2.16. The molecule has 2 aromatic carbocycles. The number of aromatic nitrogens is 2. The van der Waals surface area contributed by atoms with Crippen LogP contribution in [0, 0.1) is 0 Å². The van der Waals surface area contributed by atoms with E-state index in [1.807, 2.05) is 30.3 Å². The molecule has 2 N–H and O–H groups in total. The molecule has 3 heterocycles. The minimum absolute atomic E-state index is 0.166. The van der Waals surface area contributed by atoms with Crippen molar-refractivity contribution in [2.45, 2.75) is 6.54 Å². The quantitative estimate of drug-likeness (QED) is 0.574. The highest BCUT2D eigenvalue weighted by Crippen LogP contribution is 2.36. The molecular weight excluding hydrogens is 348 g/mol. The summed E-state index contributed by atoms with van der Waals surface area (Å²) >= 11 is 0. The lowest BCUT2D eigenvalue weighted by Gasteiger charge is -2.32. The van der Waals surface area contributed by atoms with Gasteiger partial charge < -0.3 is 15.0 Å². The molecule has 2 aromatic heterocycles. The highest BCUT2D eigenvalue weighted by atomic mass is 16.3. The zero-order chi connectivity index (χ0) is 19.1. The number of pyridine rings is 1. The molecule has 0 amide bonds. The Bertz CT molecular complexity index is 1140. The van der Waals surface area contributed by atoms with Gasteiger partial charge in [0.1, 0.15) is 0 Å². The summed E-state index contributed by atoms with van der Waals surface area (Å²) in [5, 5.41) is 12.5. The van der Waals surface area contributed by atoms with Crippen molar-refractivity contribution >= 4 is 21.8 Å². The molecule has 0 unspecified atom stereocenters. The molecule has 142 valence electrons. The van der Waals surface area contributed by atoms with Crippen molar-refractivity contribution in [3.05, 3.63) is 60.2 Å². The van der Waals surface area contributed by atoms with Crippen LogP contribution in [-0.2, 0) is 6.54 Å². The first kappa shape index (κ1) is 17.2. The number of piperazine rings is 1. The topological polar surface area (TPSA) is 55.4 Å². The molecule has 0 saturated carbocycles. The maximum Gasteiger partial charge on any atom is 0.199 e. The van der Waals surface area contributed by atoms with Crippen LogP contribution in [0.4, 0.5) is 0 Å². The van der Waals surface area contributed by atoms with E-state index in [-0.39, 0.29) is 5.88 Å². The predicted molar refractivity (Wildman–Crippen MR) is 113 cm³/mol. The van der Waals surface area contributed by atoms with E-state index in [9.17, 15) is 5.11 Å². The second-order valence-corrected chi connectivity index (χ2v) is 7.70. The monoisotopic (exact) mass is 372 g/mol. The Kier molecular flexibility index (Phi) is 4.26. The van der Waals surface area contributed by atoms with Crippen LogP contribution in [0.25, 0.3) is 33.1 Å². The molecule has 5 rings (SSSR count). The average Bonchev–Trinajstić information content (AvgIpc) is 3.05. The van der Waals surface area contributed by atoms with Gasteiger partial charge in [-0.15, -0.1) is 0 Å². The fraction of sp³-hybridized carbons (Fsp3) is 0.261. The molecule has 1 aliphatic heterocycles. The normalized spacial score (nSPS) is 16.2. The Morgan fingerprint density at radius 3 is 2.68 bits per heavy atom. The van der Waals surface area contributed by atoms with E-state index in [1.165, 1.54) is 5.56 Å². The van der Waals surface area contributed by atoms with Crippen LogP contribution in [0.3, 0.4) is 0 Å². The molecule has 0 aliphatic carbocycles. The summed E-state index contributed by atoms with van der Waals surface area (Å²) < 4.78 is 0. The van der Waals surface area contributed by atoms with Gasteiger partial charge in [-0.05, 0) is 36.9 Å². The molecule has 0 bridgehead atoms. The first-order valence-corrected chi connectivity index (χ1v) is 9.78. The molecule has 1 saturated heterocycles. The van der Waals surface area contributed by atoms with Crippen LogP contribution < -0.4 is 0 Å². The van der Waals surface area contributed by atoms with Gasteiger partial charge in [-0.2, -0.15) is 0 Å². The van der Waals surface area contributed by atoms with Crippen molar-refractivity contribution in [3.63, 3.8) is 0 Å². The van der Waals surface area contributed by atoms with E-state index in [0.29, 0.717) is 0 Å². The second-order valence-electron chi connectivity index (χ2n) is 7.70. The van der Waals surface area contributed by atoms with Crippen molar-refractivity contribution < 1.29 is 5.11 Å². The lowest BCUT2D eigenvalue weighted by atomic mass is 10.1.